The summed E-state index contributed by atoms with van der Waals surface area (Å²) in [7, 11) is 0. The topological polar surface area (TPSA) is 86.7 Å². The zero-order valence-electron chi connectivity index (χ0n) is 15.0. The van der Waals surface area contributed by atoms with Gasteiger partial charge in [0.15, 0.2) is 0 Å². The highest BCUT2D eigenvalue weighted by Crippen LogP contribution is 2.27. The highest BCUT2D eigenvalue weighted by molar-refractivity contribution is 5.95. The Kier molecular flexibility index (Phi) is 5.86. The summed E-state index contributed by atoms with van der Waals surface area (Å²) in [5.41, 5.74) is 2.79. The third-order valence-corrected chi connectivity index (χ3v) is 4.68. The standard InChI is InChI=1S/C21H22N2O4/c24-19(14-16-7-1-3-8-17(16)21(26)27)22-12-5-10-20(25)23-13-11-15-6-2-4-9-18(15)23/h1-4,6-9H,5,10-14H2,(H,22,24)(H,26,27). The first-order chi connectivity index (χ1) is 13.1. The molecule has 2 N–H and O–H groups in total. The molecule has 1 heterocycles. The van der Waals surface area contributed by atoms with Crippen molar-refractivity contribution in [2.75, 3.05) is 18.0 Å². The number of carboxylic acids is 1. The molecular weight excluding hydrogens is 344 g/mol. The maximum atomic E-state index is 12.4. The molecule has 0 radical (unpaired) electrons. The van der Waals surface area contributed by atoms with Gasteiger partial charge in [0, 0.05) is 25.2 Å². The number of amides is 2. The number of rotatable bonds is 7. The number of nitrogens with zero attached hydrogens (tertiary/aromatic N) is 1. The van der Waals surface area contributed by atoms with Crippen LogP contribution in [0.3, 0.4) is 0 Å². The molecule has 0 bridgehead atoms. The number of fused-ring (bicyclic) bond motifs is 1. The van der Waals surface area contributed by atoms with E-state index in [1.165, 1.54) is 11.6 Å². The summed E-state index contributed by atoms with van der Waals surface area (Å²) >= 11 is 0. The molecule has 0 aliphatic carbocycles. The zero-order chi connectivity index (χ0) is 19.2. The van der Waals surface area contributed by atoms with Gasteiger partial charge in [0.1, 0.15) is 0 Å². The Balaban J connectivity index is 1.44. The second-order valence-electron chi connectivity index (χ2n) is 6.52. The second kappa shape index (κ2) is 8.49. The Morgan fingerprint density at radius 1 is 1.04 bits per heavy atom. The van der Waals surface area contributed by atoms with Gasteiger partial charge in [0.2, 0.25) is 11.8 Å². The van der Waals surface area contributed by atoms with E-state index in [9.17, 15) is 14.4 Å². The molecule has 0 aromatic heterocycles. The first-order valence-corrected chi connectivity index (χ1v) is 9.02. The molecule has 0 unspecified atom stereocenters. The predicted octanol–water partition coefficient (Wildman–Crippen LogP) is 2.41. The average Bonchev–Trinajstić information content (AvgIpc) is 3.09. The van der Waals surface area contributed by atoms with Gasteiger partial charge in [-0.1, -0.05) is 36.4 Å². The van der Waals surface area contributed by atoms with Gasteiger partial charge in [-0.05, 0) is 36.1 Å². The number of anilines is 1. The van der Waals surface area contributed by atoms with E-state index in [0.29, 0.717) is 31.5 Å². The van der Waals surface area contributed by atoms with Crippen LogP contribution in [0.5, 0.6) is 0 Å². The summed E-state index contributed by atoms with van der Waals surface area (Å²) in [5.74, 6) is -1.23. The van der Waals surface area contributed by atoms with Crippen LogP contribution in [-0.2, 0) is 22.4 Å². The van der Waals surface area contributed by atoms with Crippen molar-refractivity contribution in [3.8, 4) is 0 Å². The molecule has 2 aromatic carbocycles. The van der Waals surface area contributed by atoms with Crippen molar-refractivity contribution < 1.29 is 19.5 Å². The fourth-order valence-corrected chi connectivity index (χ4v) is 3.32. The largest absolute Gasteiger partial charge is 0.478 e. The van der Waals surface area contributed by atoms with E-state index in [4.69, 9.17) is 5.11 Å². The molecular formula is C21H22N2O4. The van der Waals surface area contributed by atoms with E-state index in [1.54, 1.807) is 23.1 Å². The average molecular weight is 366 g/mol. The molecule has 6 nitrogen and oxygen atoms in total. The molecule has 0 saturated heterocycles. The molecule has 0 saturated carbocycles. The van der Waals surface area contributed by atoms with Crippen LogP contribution < -0.4 is 10.2 Å². The summed E-state index contributed by atoms with van der Waals surface area (Å²) in [6.45, 7) is 1.09. The Morgan fingerprint density at radius 3 is 2.59 bits per heavy atom. The number of aromatic carboxylic acids is 1. The van der Waals surface area contributed by atoms with Gasteiger partial charge >= 0.3 is 5.97 Å². The van der Waals surface area contributed by atoms with Crippen LogP contribution in [0.15, 0.2) is 48.5 Å². The molecule has 2 amide bonds. The second-order valence-corrected chi connectivity index (χ2v) is 6.52. The summed E-state index contributed by atoms with van der Waals surface area (Å²) in [4.78, 5) is 37.4. The minimum absolute atomic E-state index is 0.00984. The molecule has 6 heteroatoms. The van der Waals surface area contributed by atoms with Crippen molar-refractivity contribution in [1.29, 1.82) is 0 Å². The van der Waals surface area contributed by atoms with Gasteiger partial charge in [0.25, 0.3) is 0 Å². The van der Waals surface area contributed by atoms with Crippen LogP contribution in [0.4, 0.5) is 5.69 Å². The van der Waals surface area contributed by atoms with E-state index in [2.05, 4.69) is 5.32 Å². The Labute approximate surface area is 157 Å². The zero-order valence-corrected chi connectivity index (χ0v) is 15.0. The molecule has 2 aromatic rings. The van der Waals surface area contributed by atoms with Gasteiger partial charge in [-0.3, -0.25) is 9.59 Å². The van der Waals surface area contributed by atoms with Crippen molar-refractivity contribution in [1.82, 2.24) is 5.32 Å². The van der Waals surface area contributed by atoms with Gasteiger partial charge < -0.3 is 15.3 Å². The van der Waals surface area contributed by atoms with Gasteiger partial charge in [-0.25, -0.2) is 4.79 Å². The van der Waals surface area contributed by atoms with Crippen LogP contribution >= 0.6 is 0 Å². The highest BCUT2D eigenvalue weighted by atomic mass is 16.4. The SMILES string of the molecule is O=C(Cc1ccccc1C(=O)O)NCCCC(=O)N1CCc2ccccc21. The minimum atomic E-state index is -1.05. The number of carbonyl (C=O) groups is 3. The van der Waals surface area contributed by atoms with E-state index < -0.39 is 5.97 Å². The van der Waals surface area contributed by atoms with Crippen molar-refractivity contribution >= 4 is 23.5 Å². The lowest BCUT2D eigenvalue weighted by atomic mass is 10.0. The van der Waals surface area contributed by atoms with E-state index in [0.717, 1.165) is 12.1 Å². The van der Waals surface area contributed by atoms with E-state index >= 15 is 0 Å². The van der Waals surface area contributed by atoms with Crippen LogP contribution in [-0.4, -0.2) is 36.0 Å². The minimum Gasteiger partial charge on any atom is -0.478 e. The highest BCUT2D eigenvalue weighted by Gasteiger charge is 2.23. The summed E-state index contributed by atoms with van der Waals surface area (Å²) in [5, 5.41) is 11.9. The number of para-hydroxylation sites is 1. The molecule has 3 rings (SSSR count). The normalized spacial score (nSPS) is 12.5. The molecule has 1 aliphatic heterocycles. The number of hydrogen-bond acceptors (Lipinski definition) is 3. The predicted molar refractivity (Wildman–Crippen MR) is 102 cm³/mol. The van der Waals surface area contributed by atoms with Gasteiger partial charge in [-0.2, -0.15) is 0 Å². The smallest absolute Gasteiger partial charge is 0.335 e. The molecule has 140 valence electrons. The Bertz CT molecular complexity index is 863. The number of benzene rings is 2. The lowest BCUT2D eigenvalue weighted by molar-refractivity contribution is -0.121. The Hall–Kier alpha value is -3.15. The molecule has 1 aliphatic rings. The first kappa shape index (κ1) is 18.6. The maximum Gasteiger partial charge on any atom is 0.335 e. The monoisotopic (exact) mass is 366 g/mol. The first-order valence-electron chi connectivity index (χ1n) is 9.02. The van der Waals surface area contributed by atoms with Crippen molar-refractivity contribution in [2.45, 2.75) is 25.7 Å². The van der Waals surface area contributed by atoms with Gasteiger partial charge in [-0.15, -0.1) is 0 Å². The van der Waals surface area contributed by atoms with Crippen molar-refractivity contribution in [3.05, 3.63) is 65.2 Å². The molecule has 0 spiro atoms. The lowest BCUT2D eigenvalue weighted by Crippen LogP contribution is -2.31. The fourth-order valence-electron chi connectivity index (χ4n) is 3.32. The fraction of sp³-hybridized carbons (Fsp3) is 0.286. The number of carbonyl (C=O) groups excluding carboxylic acids is 2. The number of carboxylic acid groups (broad SMARTS) is 1. The quantitative estimate of drug-likeness (QED) is 0.737. The molecule has 0 atom stereocenters. The number of hydrogen-bond donors (Lipinski definition) is 2. The molecule has 0 fully saturated rings. The maximum absolute atomic E-state index is 12.4. The number of nitrogens with one attached hydrogen (secondary N) is 1. The third kappa shape index (κ3) is 4.53. The lowest BCUT2D eigenvalue weighted by Gasteiger charge is -2.17. The van der Waals surface area contributed by atoms with E-state index in [1.807, 2.05) is 24.3 Å². The van der Waals surface area contributed by atoms with Crippen LogP contribution in [0.25, 0.3) is 0 Å². The van der Waals surface area contributed by atoms with E-state index in [-0.39, 0.29) is 23.8 Å². The van der Waals surface area contributed by atoms with Crippen molar-refractivity contribution in [3.63, 3.8) is 0 Å². The summed E-state index contributed by atoms with van der Waals surface area (Å²) in [6, 6.07) is 14.4. The van der Waals surface area contributed by atoms with Gasteiger partial charge in [0.05, 0.1) is 12.0 Å². The van der Waals surface area contributed by atoms with Crippen molar-refractivity contribution in [2.24, 2.45) is 0 Å². The third-order valence-electron chi connectivity index (χ3n) is 4.68. The molecule has 27 heavy (non-hydrogen) atoms. The van der Waals surface area contributed by atoms with Crippen LogP contribution in [0.2, 0.25) is 0 Å². The van der Waals surface area contributed by atoms with Crippen LogP contribution in [0, 0.1) is 0 Å². The summed E-state index contributed by atoms with van der Waals surface area (Å²) < 4.78 is 0. The van der Waals surface area contributed by atoms with Crippen LogP contribution in [0.1, 0.15) is 34.3 Å². The Morgan fingerprint density at radius 2 is 1.78 bits per heavy atom. The summed E-state index contributed by atoms with van der Waals surface area (Å²) in [6.07, 6.45) is 1.79.